The number of nitrogens with zero attached hydrogens (tertiary/aromatic N) is 1. The van der Waals surface area contributed by atoms with Gasteiger partial charge in [-0.2, -0.15) is 0 Å². The fourth-order valence-corrected chi connectivity index (χ4v) is 2.56. The number of aromatic nitrogens is 1. The number of hydrogen-bond donors (Lipinski definition) is 1. The van der Waals surface area contributed by atoms with Crippen LogP contribution in [0.4, 0.5) is 5.88 Å². The van der Waals surface area contributed by atoms with E-state index in [1.54, 1.807) is 6.07 Å². The van der Waals surface area contributed by atoms with Gasteiger partial charge in [0.05, 0.1) is 0 Å². The molecule has 0 atom stereocenters. The molecule has 1 amide bonds. The maximum absolute atomic E-state index is 10.4. The molecule has 5 nitrogen and oxygen atoms in total. The molecule has 0 aliphatic heterocycles. The second kappa shape index (κ2) is 7.66. The van der Waals surface area contributed by atoms with Crippen LogP contribution in [0, 0.1) is 0 Å². The van der Waals surface area contributed by atoms with Crippen molar-refractivity contribution in [1.29, 1.82) is 0 Å². The summed E-state index contributed by atoms with van der Waals surface area (Å²) in [5.41, 5.74) is 3.85. The molecule has 0 spiro atoms. The van der Waals surface area contributed by atoms with Crippen LogP contribution in [0.5, 0.6) is 5.75 Å². The minimum absolute atomic E-state index is 0.322. The smallest absolute Gasteiger partial charge is 0.231 e. The van der Waals surface area contributed by atoms with Crippen LogP contribution in [0.3, 0.4) is 0 Å². The molecule has 5 heteroatoms. The first-order chi connectivity index (χ1) is 12.2. The number of carbonyl (C=O) groups is 1. The first-order valence-electron chi connectivity index (χ1n) is 8.15. The first kappa shape index (κ1) is 16.8. The lowest BCUT2D eigenvalue weighted by Gasteiger charge is -2.14. The highest BCUT2D eigenvalue weighted by atomic mass is 16.5. The molecule has 0 aliphatic rings. The van der Waals surface area contributed by atoms with E-state index < -0.39 is 0 Å². The topological polar surface area (TPSA) is 64.4 Å². The van der Waals surface area contributed by atoms with E-state index in [1.807, 2.05) is 42.5 Å². The van der Waals surface area contributed by atoms with Crippen molar-refractivity contribution in [3.63, 3.8) is 0 Å². The molecule has 0 unspecified atom stereocenters. The summed E-state index contributed by atoms with van der Waals surface area (Å²) < 4.78 is 11.0. The zero-order valence-corrected chi connectivity index (χ0v) is 14.2. The van der Waals surface area contributed by atoms with Crippen molar-refractivity contribution in [3.05, 3.63) is 65.7 Å². The van der Waals surface area contributed by atoms with E-state index in [-0.39, 0.29) is 0 Å². The van der Waals surface area contributed by atoms with Gasteiger partial charge >= 0.3 is 0 Å². The zero-order valence-electron chi connectivity index (χ0n) is 14.2. The van der Waals surface area contributed by atoms with Crippen molar-refractivity contribution in [2.24, 2.45) is 0 Å². The average Bonchev–Trinajstić information content (AvgIpc) is 3.09. The molecule has 25 heavy (non-hydrogen) atoms. The lowest BCUT2D eigenvalue weighted by atomic mass is 10.0. The van der Waals surface area contributed by atoms with Gasteiger partial charge < -0.3 is 9.26 Å². The SMILES string of the molecule is CC(C)c1ccccc1OCc1ccc(-c2cc(NC=O)on2)cc1. The number of para-hydroxylation sites is 1. The van der Waals surface area contributed by atoms with Gasteiger partial charge in [0.2, 0.25) is 12.3 Å². The molecule has 3 aromatic rings. The van der Waals surface area contributed by atoms with Gasteiger partial charge in [-0.05, 0) is 23.1 Å². The second-order valence-electron chi connectivity index (χ2n) is 6.02. The summed E-state index contributed by atoms with van der Waals surface area (Å²) in [4.78, 5) is 10.4. The van der Waals surface area contributed by atoms with E-state index in [4.69, 9.17) is 9.26 Å². The summed E-state index contributed by atoms with van der Waals surface area (Å²) in [6.07, 6.45) is 0.555. The summed E-state index contributed by atoms with van der Waals surface area (Å²) in [5.74, 6) is 1.66. The third-order valence-electron chi connectivity index (χ3n) is 3.90. The number of ether oxygens (including phenoxy) is 1. The monoisotopic (exact) mass is 336 g/mol. The van der Waals surface area contributed by atoms with Gasteiger partial charge in [-0.3, -0.25) is 10.1 Å². The van der Waals surface area contributed by atoms with E-state index in [9.17, 15) is 4.79 Å². The molecule has 1 N–H and O–H groups in total. The van der Waals surface area contributed by atoms with E-state index in [0.717, 1.165) is 16.9 Å². The predicted molar refractivity (Wildman–Crippen MR) is 96.5 cm³/mol. The van der Waals surface area contributed by atoms with Gasteiger partial charge in [-0.15, -0.1) is 0 Å². The second-order valence-corrected chi connectivity index (χ2v) is 6.02. The Morgan fingerprint density at radius 1 is 1.16 bits per heavy atom. The Kier molecular flexibility index (Phi) is 5.14. The number of nitrogens with one attached hydrogen (secondary N) is 1. The summed E-state index contributed by atoms with van der Waals surface area (Å²) >= 11 is 0. The van der Waals surface area contributed by atoms with Gasteiger partial charge in [0.1, 0.15) is 18.1 Å². The van der Waals surface area contributed by atoms with Crippen LogP contribution in [0.25, 0.3) is 11.3 Å². The quantitative estimate of drug-likeness (QED) is 0.640. The van der Waals surface area contributed by atoms with Crippen molar-refractivity contribution in [1.82, 2.24) is 5.16 Å². The lowest BCUT2D eigenvalue weighted by Crippen LogP contribution is -1.99. The maximum Gasteiger partial charge on any atom is 0.231 e. The lowest BCUT2D eigenvalue weighted by molar-refractivity contribution is -0.105. The molecule has 0 fully saturated rings. The molecule has 1 heterocycles. The summed E-state index contributed by atoms with van der Waals surface area (Å²) in [5, 5.41) is 6.36. The maximum atomic E-state index is 10.4. The van der Waals surface area contributed by atoms with Gasteiger partial charge in [-0.25, -0.2) is 0 Å². The normalized spacial score (nSPS) is 10.7. The number of benzene rings is 2. The van der Waals surface area contributed by atoms with Crippen molar-refractivity contribution >= 4 is 12.3 Å². The van der Waals surface area contributed by atoms with E-state index in [2.05, 4.69) is 30.4 Å². The van der Waals surface area contributed by atoms with E-state index >= 15 is 0 Å². The third-order valence-corrected chi connectivity index (χ3v) is 3.90. The van der Waals surface area contributed by atoms with Crippen LogP contribution >= 0.6 is 0 Å². The Bertz CT molecular complexity index is 838. The zero-order chi connectivity index (χ0) is 17.6. The number of carbonyl (C=O) groups excluding carboxylic acids is 1. The van der Waals surface area contributed by atoms with Gasteiger partial charge in [-0.1, -0.05) is 61.5 Å². The molecule has 0 saturated carbocycles. The minimum Gasteiger partial charge on any atom is -0.489 e. The Hall–Kier alpha value is -3.08. The molecule has 2 aromatic carbocycles. The summed E-state index contributed by atoms with van der Waals surface area (Å²) in [7, 11) is 0. The van der Waals surface area contributed by atoms with Crippen LogP contribution in [0.2, 0.25) is 0 Å². The Labute approximate surface area is 146 Å². The molecule has 0 radical (unpaired) electrons. The molecule has 0 saturated heterocycles. The summed E-state index contributed by atoms with van der Waals surface area (Å²) in [6.45, 7) is 4.81. The third kappa shape index (κ3) is 4.07. The molecule has 3 rings (SSSR count). The molecule has 0 bridgehead atoms. The number of anilines is 1. The fourth-order valence-electron chi connectivity index (χ4n) is 2.56. The molecule has 0 aliphatic carbocycles. The van der Waals surface area contributed by atoms with Crippen molar-refractivity contribution in [2.75, 3.05) is 5.32 Å². The highest BCUT2D eigenvalue weighted by Crippen LogP contribution is 2.27. The van der Waals surface area contributed by atoms with E-state index in [0.29, 0.717) is 30.5 Å². The van der Waals surface area contributed by atoms with Crippen molar-refractivity contribution < 1.29 is 14.1 Å². The van der Waals surface area contributed by atoms with Gasteiger partial charge in [0.25, 0.3) is 0 Å². The highest BCUT2D eigenvalue weighted by molar-refractivity contribution is 5.71. The largest absolute Gasteiger partial charge is 0.489 e. The van der Waals surface area contributed by atoms with Crippen LogP contribution in [0.15, 0.2) is 59.1 Å². The van der Waals surface area contributed by atoms with Crippen molar-refractivity contribution in [2.45, 2.75) is 26.4 Å². The van der Waals surface area contributed by atoms with E-state index in [1.165, 1.54) is 5.56 Å². The van der Waals surface area contributed by atoms with Crippen LogP contribution in [-0.2, 0) is 11.4 Å². The summed E-state index contributed by atoms with van der Waals surface area (Å²) in [6, 6.07) is 17.7. The van der Waals surface area contributed by atoms with Gasteiger partial charge in [0, 0.05) is 11.6 Å². The van der Waals surface area contributed by atoms with Crippen LogP contribution in [0.1, 0.15) is 30.9 Å². The molecule has 128 valence electrons. The fraction of sp³-hybridized carbons (Fsp3) is 0.200. The predicted octanol–water partition coefficient (Wildman–Crippen LogP) is 4.61. The average molecular weight is 336 g/mol. The standard InChI is InChI=1S/C20H20N2O3/c1-14(2)17-5-3-4-6-19(17)24-12-15-7-9-16(10-8-15)18-11-20(21-13-23)25-22-18/h3-11,13-14H,12H2,1-2H3,(H,21,23). The first-order valence-corrected chi connectivity index (χ1v) is 8.15. The van der Waals surface area contributed by atoms with Crippen LogP contribution < -0.4 is 10.1 Å². The Balaban J connectivity index is 1.68. The molecular weight excluding hydrogens is 316 g/mol. The highest BCUT2D eigenvalue weighted by Gasteiger charge is 2.08. The van der Waals surface area contributed by atoms with Crippen molar-refractivity contribution in [3.8, 4) is 17.0 Å². The Morgan fingerprint density at radius 2 is 1.92 bits per heavy atom. The number of hydrogen-bond acceptors (Lipinski definition) is 4. The Morgan fingerprint density at radius 3 is 2.64 bits per heavy atom. The van der Waals surface area contributed by atoms with Gasteiger partial charge in [0.15, 0.2) is 0 Å². The minimum atomic E-state index is 0.322. The number of rotatable bonds is 7. The molecular formula is C20H20N2O3. The van der Waals surface area contributed by atoms with Crippen LogP contribution in [-0.4, -0.2) is 11.6 Å². The molecule has 1 aromatic heterocycles. The number of amides is 1.